The number of nitrogens with one attached hydrogen (secondary N) is 1. The summed E-state index contributed by atoms with van der Waals surface area (Å²) in [5, 5.41) is 5.52. The zero-order valence-corrected chi connectivity index (χ0v) is 15.9. The molecule has 3 rings (SSSR count). The molecule has 1 amide bonds. The minimum absolute atomic E-state index is 0.101. The molecule has 138 valence electrons. The lowest BCUT2D eigenvalue weighted by Crippen LogP contribution is -2.48. The molecule has 1 N–H and O–H groups in total. The first-order chi connectivity index (χ1) is 12.0. The molecule has 1 saturated carbocycles. The van der Waals surface area contributed by atoms with Crippen molar-refractivity contribution in [1.29, 1.82) is 0 Å². The van der Waals surface area contributed by atoms with Crippen LogP contribution in [0.2, 0.25) is 0 Å². The Bertz CT molecular complexity index is 631. The maximum atomic E-state index is 12.5. The molecule has 6 nitrogen and oxygen atoms in total. The first-order valence-electron chi connectivity index (χ1n) is 8.94. The van der Waals surface area contributed by atoms with E-state index in [4.69, 9.17) is 9.47 Å². The van der Waals surface area contributed by atoms with E-state index < -0.39 is 0 Å². The summed E-state index contributed by atoms with van der Waals surface area (Å²) >= 11 is 1.41. The summed E-state index contributed by atoms with van der Waals surface area (Å²) in [5.41, 5.74) is 1.57. The fourth-order valence-corrected chi connectivity index (χ4v) is 4.40. The van der Waals surface area contributed by atoms with Crippen LogP contribution < -0.4 is 5.32 Å². The first kappa shape index (κ1) is 18.4. The topological polar surface area (TPSA) is 67.9 Å². The second-order valence-electron chi connectivity index (χ2n) is 6.89. The standard InChI is InChI=1S/C18H26N2O4S/c1-4-23-18(22)16-14(13-5-6-13)10-25-17(16)19-15(21)9-20-7-11(2)24-12(3)8-20/h10-13H,4-9H2,1-3H3,(H,19,21)/t11-,12+. The van der Waals surface area contributed by atoms with Gasteiger partial charge >= 0.3 is 5.97 Å². The molecule has 1 saturated heterocycles. The third-order valence-corrected chi connectivity index (χ3v) is 5.35. The Balaban J connectivity index is 1.67. The molecular formula is C18H26N2O4S. The molecule has 7 heteroatoms. The lowest BCUT2D eigenvalue weighted by molar-refractivity contribution is -0.121. The summed E-state index contributed by atoms with van der Waals surface area (Å²) in [4.78, 5) is 26.9. The van der Waals surface area contributed by atoms with Crippen molar-refractivity contribution < 1.29 is 19.1 Å². The lowest BCUT2D eigenvalue weighted by atomic mass is 10.1. The SMILES string of the molecule is CCOC(=O)c1c(C2CC2)csc1NC(=O)CN1C[C@@H](C)O[C@@H](C)C1. The minimum atomic E-state index is -0.338. The Morgan fingerprint density at radius 2 is 2.00 bits per heavy atom. The van der Waals surface area contributed by atoms with Crippen LogP contribution in [0.25, 0.3) is 0 Å². The van der Waals surface area contributed by atoms with Gasteiger partial charge in [0.25, 0.3) is 0 Å². The fourth-order valence-electron chi connectivity index (χ4n) is 3.35. The normalized spacial score (nSPS) is 24.1. The molecule has 2 fully saturated rings. The Labute approximate surface area is 152 Å². The fraction of sp³-hybridized carbons (Fsp3) is 0.667. The smallest absolute Gasteiger partial charge is 0.341 e. The van der Waals surface area contributed by atoms with Gasteiger partial charge in [0.05, 0.1) is 30.9 Å². The van der Waals surface area contributed by atoms with Crippen LogP contribution in [0.3, 0.4) is 0 Å². The number of carbonyl (C=O) groups excluding carboxylic acids is 2. The Morgan fingerprint density at radius 1 is 1.32 bits per heavy atom. The molecule has 2 aliphatic rings. The van der Waals surface area contributed by atoms with Crippen molar-refractivity contribution in [3.05, 3.63) is 16.5 Å². The average molecular weight is 366 g/mol. The molecule has 0 unspecified atom stereocenters. The van der Waals surface area contributed by atoms with E-state index >= 15 is 0 Å². The van der Waals surface area contributed by atoms with Crippen molar-refractivity contribution in [3.8, 4) is 0 Å². The zero-order chi connectivity index (χ0) is 18.0. The van der Waals surface area contributed by atoms with Crippen molar-refractivity contribution in [2.45, 2.75) is 51.7 Å². The largest absolute Gasteiger partial charge is 0.462 e. The van der Waals surface area contributed by atoms with E-state index in [-0.39, 0.29) is 24.1 Å². The molecule has 2 atom stereocenters. The van der Waals surface area contributed by atoms with Gasteiger partial charge in [-0.1, -0.05) is 0 Å². The van der Waals surface area contributed by atoms with Crippen molar-refractivity contribution in [2.24, 2.45) is 0 Å². The molecule has 1 aromatic heterocycles. The summed E-state index contributed by atoms with van der Waals surface area (Å²) < 4.78 is 10.9. The van der Waals surface area contributed by atoms with E-state index in [0.717, 1.165) is 31.5 Å². The van der Waals surface area contributed by atoms with Gasteiger partial charge < -0.3 is 14.8 Å². The predicted molar refractivity (Wildman–Crippen MR) is 97.3 cm³/mol. The van der Waals surface area contributed by atoms with Crippen LogP contribution >= 0.6 is 11.3 Å². The number of rotatable bonds is 6. The van der Waals surface area contributed by atoms with Crippen molar-refractivity contribution in [1.82, 2.24) is 4.90 Å². The molecule has 1 aliphatic heterocycles. The Hall–Kier alpha value is -1.44. The number of thiophene rings is 1. The van der Waals surface area contributed by atoms with Gasteiger partial charge in [0, 0.05) is 13.1 Å². The molecule has 25 heavy (non-hydrogen) atoms. The van der Waals surface area contributed by atoms with Gasteiger partial charge in [-0.3, -0.25) is 9.69 Å². The minimum Gasteiger partial charge on any atom is -0.462 e. The summed E-state index contributed by atoms with van der Waals surface area (Å²) in [6, 6.07) is 0. The van der Waals surface area contributed by atoms with Crippen LogP contribution in [0.4, 0.5) is 5.00 Å². The van der Waals surface area contributed by atoms with Gasteiger partial charge in [-0.2, -0.15) is 0 Å². The number of nitrogens with zero attached hydrogens (tertiary/aromatic N) is 1. The monoisotopic (exact) mass is 366 g/mol. The van der Waals surface area contributed by atoms with Crippen LogP contribution in [0.1, 0.15) is 55.5 Å². The van der Waals surface area contributed by atoms with Crippen molar-refractivity contribution in [2.75, 3.05) is 31.6 Å². The van der Waals surface area contributed by atoms with Gasteiger partial charge in [0.2, 0.25) is 5.91 Å². The maximum absolute atomic E-state index is 12.5. The maximum Gasteiger partial charge on any atom is 0.341 e. The van der Waals surface area contributed by atoms with Crippen LogP contribution in [0, 0.1) is 0 Å². The van der Waals surface area contributed by atoms with Crippen LogP contribution in [0.5, 0.6) is 0 Å². The highest BCUT2D eigenvalue weighted by molar-refractivity contribution is 7.15. The van der Waals surface area contributed by atoms with E-state index in [1.54, 1.807) is 6.92 Å². The second kappa shape index (κ2) is 7.85. The molecule has 0 bridgehead atoms. The summed E-state index contributed by atoms with van der Waals surface area (Å²) in [5.74, 6) is -0.00661. The second-order valence-corrected chi connectivity index (χ2v) is 7.77. The van der Waals surface area contributed by atoms with Gasteiger partial charge in [-0.25, -0.2) is 4.79 Å². The average Bonchev–Trinajstić information content (AvgIpc) is 3.27. The molecule has 0 spiro atoms. The highest BCUT2D eigenvalue weighted by Crippen LogP contribution is 2.46. The van der Waals surface area contributed by atoms with E-state index in [1.807, 2.05) is 19.2 Å². The molecule has 0 aromatic carbocycles. The number of ether oxygens (including phenoxy) is 2. The van der Waals surface area contributed by atoms with E-state index in [2.05, 4.69) is 10.2 Å². The third kappa shape index (κ3) is 4.59. The number of esters is 1. The third-order valence-electron chi connectivity index (χ3n) is 4.43. The highest BCUT2D eigenvalue weighted by atomic mass is 32.1. The number of carbonyl (C=O) groups is 2. The van der Waals surface area contributed by atoms with E-state index in [9.17, 15) is 9.59 Å². The van der Waals surface area contributed by atoms with Gasteiger partial charge in [0.15, 0.2) is 0 Å². The lowest BCUT2D eigenvalue weighted by Gasteiger charge is -2.34. The summed E-state index contributed by atoms with van der Waals surface area (Å²) in [7, 11) is 0. The summed E-state index contributed by atoms with van der Waals surface area (Å²) in [6.07, 6.45) is 2.44. The Morgan fingerprint density at radius 3 is 2.60 bits per heavy atom. The van der Waals surface area contributed by atoms with Gasteiger partial charge in [0.1, 0.15) is 5.00 Å². The number of anilines is 1. The Kier molecular flexibility index (Phi) is 5.76. The van der Waals surface area contributed by atoms with Crippen LogP contribution in [-0.4, -0.2) is 55.2 Å². The first-order valence-corrected chi connectivity index (χ1v) is 9.82. The van der Waals surface area contributed by atoms with Gasteiger partial charge in [-0.15, -0.1) is 11.3 Å². The van der Waals surface area contributed by atoms with Crippen LogP contribution in [0.15, 0.2) is 5.38 Å². The van der Waals surface area contributed by atoms with Crippen LogP contribution in [-0.2, 0) is 14.3 Å². The quantitative estimate of drug-likeness (QED) is 0.784. The molecule has 1 aromatic rings. The molecule has 2 heterocycles. The number of hydrogen-bond donors (Lipinski definition) is 1. The van der Waals surface area contributed by atoms with Gasteiger partial charge in [-0.05, 0) is 50.5 Å². The highest BCUT2D eigenvalue weighted by Gasteiger charge is 2.32. The van der Waals surface area contributed by atoms with Crippen molar-refractivity contribution in [3.63, 3.8) is 0 Å². The molecule has 0 radical (unpaired) electrons. The predicted octanol–water partition coefficient (Wildman–Crippen LogP) is 2.85. The number of amides is 1. The number of hydrogen-bond acceptors (Lipinski definition) is 6. The van der Waals surface area contributed by atoms with E-state index in [0.29, 0.717) is 29.6 Å². The van der Waals surface area contributed by atoms with E-state index in [1.165, 1.54) is 11.3 Å². The summed E-state index contributed by atoms with van der Waals surface area (Å²) in [6.45, 7) is 7.93. The van der Waals surface area contributed by atoms with Crippen molar-refractivity contribution >= 4 is 28.2 Å². The molecular weight excluding hydrogens is 340 g/mol. The molecule has 1 aliphatic carbocycles. The number of morpholine rings is 1. The zero-order valence-electron chi connectivity index (χ0n) is 15.0.